The third kappa shape index (κ3) is 3.64. The van der Waals surface area contributed by atoms with Gasteiger partial charge in [-0.15, -0.1) is 0 Å². The van der Waals surface area contributed by atoms with Crippen LogP contribution in [0.3, 0.4) is 0 Å². The zero-order valence-corrected chi connectivity index (χ0v) is 12.7. The number of nitrogens with zero attached hydrogens (tertiary/aromatic N) is 2. The Hall–Kier alpha value is -2.80. The van der Waals surface area contributed by atoms with E-state index in [-0.39, 0.29) is 6.04 Å². The van der Waals surface area contributed by atoms with Crippen molar-refractivity contribution in [2.45, 2.75) is 26.0 Å². The van der Waals surface area contributed by atoms with Gasteiger partial charge < -0.3 is 9.30 Å². The van der Waals surface area contributed by atoms with Gasteiger partial charge in [-0.3, -0.25) is 0 Å². The van der Waals surface area contributed by atoms with Gasteiger partial charge in [0.15, 0.2) is 6.10 Å². The van der Waals surface area contributed by atoms with Gasteiger partial charge in [-0.1, -0.05) is 48.8 Å². The highest BCUT2D eigenvalue weighted by atomic mass is 16.5. The first-order valence-electron chi connectivity index (χ1n) is 7.03. The molecule has 22 heavy (non-hydrogen) atoms. The van der Waals surface area contributed by atoms with Gasteiger partial charge in [-0.25, -0.2) is 9.78 Å². The van der Waals surface area contributed by atoms with E-state index in [1.165, 1.54) is 12.3 Å². The molecule has 0 aliphatic heterocycles. The number of esters is 1. The van der Waals surface area contributed by atoms with Crippen molar-refractivity contribution in [3.8, 4) is 11.8 Å². The van der Waals surface area contributed by atoms with Gasteiger partial charge in [0.2, 0.25) is 0 Å². The fourth-order valence-corrected chi connectivity index (χ4v) is 2.09. The minimum absolute atomic E-state index is 0.0131. The highest BCUT2D eigenvalue weighted by Crippen LogP contribution is 2.19. The molecule has 0 aliphatic rings. The van der Waals surface area contributed by atoms with E-state index in [1.54, 1.807) is 17.8 Å². The Bertz CT molecular complexity index is 707. The number of ether oxygens (including phenoxy) is 1. The molecule has 1 aromatic carbocycles. The molecular weight excluding hydrogens is 276 g/mol. The van der Waals surface area contributed by atoms with E-state index in [2.05, 4.69) is 23.4 Å². The summed E-state index contributed by atoms with van der Waals surface area (Å²) in [4.78, 5) is 16.3. The molecule has 0 amide bonds. The molecular formula is C18H18N2O2. The zero-order chi connectivity index (χ0) is 15.9. The van der Waals surface area contributed by atoms with Crippen LogP contribution >= 0.6 is 0 Å². The van der Waals surface area contributed by atoms with E-state index >= 15 is 0 Å². The lowest BCUT2D eigenvalue weighted by Gasteiger charge is -2.17. The fourth-order valence-electron chi connectivity index (χ4n) is 2.09. The highest BCUT2D eigenvalue weighted by molar-refractivity contribution is 5.87. The molecule has 0 aliphatic carbocycles. The second kappa shape index (κ2) is 7.28. The summed E-state index contributed by atoms with van der Waals surface area (Å²) >= 11 is 0. The van der Waals surface area contributed by atoms with E-state index in [9.17, 15) is 4.79 Å². The Morgan fingerprint density at radius 1 is 1.36 bits per heavy atom. The number of allylic oxidation sites excluding steroid dienone is 1. The number of hydrogen-bond donors (Lipinski definition) is 0. The first kappa shape index (κ1) is 15.6. The van der Waals surface area contributed by atoms with E-state index < -0.39 is 12.1 Å². The molecule has 0 fully saturated rings. The molecule has 2 aromatic rings. The second-order valence-corrected chi connectivity index (χ2v) is 4.81. The van der Waals surface area contributed by atoms with Crippen LogP contribution in [0.5, 0.6) is 0 Å². The third-order valence-electron chi connectivity index (χ3n) is 3.25. The maximum atomic E-state index is 12.3. The molecule has 1 unspecified atom stereocenters. The Morgan fingerprint density at radius 3 is 2.77 bits per heavy atom. The number of benzene rings is 1. The molecule has 1 heterocycles. The first-order valence-corrected chi connectivity index (χ1v) is 7.03. The van der Waals surface area contributed by atoms with Crippen molar-refractivity contribution in [1.82, 2.24) is 9.55 Å². The summed E-state index contributed by atoms with van der Waals surface area (Å²) in [5.41, 5.74) is 1.50. The summed E-state index contributed by atoms with van der Waals surface area (Å²) in [6, 6.07) is 9.90. The van der Waals surface area contributed by atoms with Crippen LogP contribution < -0.4 is 0 Å². The lowest BCUT2D eigenvalue weighted by Crippen LogP contribution is -2.19. The Labute approximate surface area is 130 Å². The van der Waals surface area contributed by atoms with Crippen molar-refractivity contribution in [2.24, 2.45) is 0 Å². The van der Waals surface area contributed by atoms with Crippen molar-refractivity contribution in [1.29, 1.82) is 0 Å². The lowest BCUT2D eigenvalue weighted by atomic mass is 10.1. The second-order valence-electron chi connectivity index (χ2n) is 4.81. The van der Waals surface area contributed by atoms with Crippen LogP contribution in [0, 0.1) is 11.8 Å². The number of rotatable bonds is 4. The summed E-state index contributed by atoms with van der Waals surface area (Å²) in [5, 5.41) is 0. The third-order valence-corrected chi connectivity index (χ3v) is 3.25. The fraction of sp³-hybridized carbons (Fsp3) is 0.222. The summed E-state index contributed by atoms with van der Waals surface area (Å²) in [7, 11) is 0. The predicted molar refractivity (Wildman–Crippen MR) is 85.3 cm³/mol. The van der Waals surface area contributed by atoms with Crippen LogP contribution in [-0.2, 0) is 4.74 Å². The smallest absolute Gasteiger partial charge is 0.357 e. The SMILES string of the molecule is C=CC#CC(C)OC(=O)c1cncn1[C@H](C)c1ccccc1. The lowest BCUT2D eigenvalue weighted by molar-refractivity contribution is 0.0425. The van der Waals surface area contributed by atoms with Gasteiger partial charge in [-0.05, 0) is 25.5 Å². The molecule has 0 spiro atoms. The van der Waals surface area contributed by atoms with Gasteiger partial charge in [-0.2, -0.15) is 0 Å². The number of carbonyl (C=O) groups is 1. The maximum absolute atomic E-state index is 12.3. The Kier molecular flexibility index (Phi) is 5.16. The first-order chi connectivity index (χ1) is 10.6. The van der Waals surface area contributed by atoms with Gasteiger partial charge in [0.05, 0.1) is 18.6 Å². The zero-order valence-electron chi connectivity index (χ0n) is 12.7. The normalized spacial score (nSPS) is 12.6. The maximum Gasteiger partial charge on any atom is 0.357 e. The van der Waals surface area contributed by atoms with Crippen LogP contribution in [0.2, 0.25) is 0 Å². The van der Waals surface area contributed by atoms with Gasteiger partial charge >= 0.3 is 5.97 Å². The number of imidazole rings is 1. The molecule has 4 heteroatoms. The van der Waals surface area contributed by atoms with Gasteiger partial charge in [0.1, 0.15) is 5.69 Å². The monoisotopic (exact) mass is 294 g/mol. The topological polar surface area (TPSA) is 44.1 Å². The molecule has 2 rings (SSSR count). The van der Waals surface area contributed by atoms with E-state index in [0.717, 1.165) is 5.56 Å². The van der Waals surface area contributed by atoms with Gasteiger partial charge in [0, 0.05) is 0 Å². The minimum atomic E-state index is -0.499. The largest absolute Gasteiger partial charge is 0.445 e. The standard InChI is InChI=1S/C18H18N2O2/c1-4-5-9-14(2)22-18(21)17-12-19-13-20(17)15(3)16-10-7-6-8-11-16/h4,6-8,10-15H,1H2,2-3H3/t14?,15-/m1/s1. The Morgan fingerprint density at radius 2 is 2.09 bits per heavy atom. The summed E-state index contributed by atoms with van der Waals surface area (Å²) in [6.45, 7) is 7.23. The molecule has 112 valence electrons. The highest BCUT2D eigenvalue weighted by Gasteiger charge is 2.19. The molecule has 0 bridgehead atoms. The van der Waals surface area contributed by atoms with Crippen LogP contribution in [0.25, 0.3) is 0 Å². The van der Waals surface area contributed by atoms with E-state index in [1.807, 2.05) is 37.3 Å². The number of carbonyl (C=O) groups excluding carboxylic acids is 1. The number of aromatic nitrogens is 2. The molecule has 0 radical (unpaired) electrons. The average Bonchev–Trinajstić information content (AvgIpc) is 3.02. The van der Waals surface area contributed by atoms with Crippen molar-refractivity contribution < 1.29 is 9.53 Å². The average molecular weight is 294 g/mol. The minimum Gasteiger partial charge on any atom is -0.445 e. The quantitative estimate of drug-likeness (QED) is 0.642. The summed E-state index contributed by atoms with van der Waals surface area (Å²) < 4.78 is 7.10. The molecule has 0 saturated heterocycles. The Balaban J connectivity index is 2.19. The van der Waals surface area contributed by atoms with Crippen LogP contribution in [0.1, 0.15) is 35.9 Å². The van der Waals surface area contributed by atoms with Crippen molar-refractivity contribution in [2.75, 3.05) is 0 Å². The van der Waals surface area contributed by atoms with Crippen molar-refractivity contribution in [3.63, 3.8) is 0 Å². The van der Waals surface area contributed by atoms with Crippen molar-refractivity contribution >= 4 is 5.97 Å². The summed E-state index contributed by atoms with van der Waals surface area (Å²) in [6.07, 6.45) is 4.11. The number of hydrogen-bond acceptors (Lipinski definition) is 3. The molecule has 0 saturated carbocycles. The van der Waals surface area contributed by atoms with Crippen LogP contribution in [-0.4, -0.2) is 21.6 Å². The molecule has 2 atom stereocenters. The molecule has 1 aromatic heterocycles. The summed E-state index contributed by atoms with van der Waals surface area (Å²) in [5.74, 6) is 5.00. The van der Waals surface area contributed by atoms with E-state index in [4.69, 9.17) is 4.74 Å². The van der Waals surface area contributed by atoms with Crippen LogP contribution in [0.15, 0.2) is 55.5 Å². The van der Waals surface area contributed by atoms with Gasteiger partial charge in [0.25, 0.3) is 0 Å². The predicted octanol–water partition coefficient (Wildman–Crippen LogP) is 3.23. The van der Waals surface area contributed by atoms with Crippen molar-refractivity contribution in [3.05, 3.63) is 66.8 Å². The molecule has 0 N–H and O–H groups in total. The van der Waals surface area contributed by atoms with E-state index in [0.29, 0.717) is 5.69 Å². The molecule has 4 nitrogen and oxygen atoms in total. The van der Waals surface area contributed by atoms with Crippen LogP contribution in [0.4, 0.5) is 0 Å².